The van der Waals surface area contributed by atoms with Crippen molar-refractivity contribution in [1.82, 2.24) is 25.4 Å². The van der Waals surface area contributed by atoms with Gasteiger partial charge in [0.1, 0.15) is 6.04 Å². The first-order valence-corrected chi connectivity index (χ1v) is 11.4. The molecule has 0 bridgehead atoms. The van der Waals surface area contributed by atoms with E-state index in [4.69, 9.17) is 4.98 Å². The van der Waals surface area contributed by atoms with Crippen LogP contribution in [0.4, 0.5) is 0 Å². The van der Waals surface area contributed by atoms with E-state index in [0.717, 1.165) is 24.1 Å². The van der Waals surface area contributed by atoms with Crippen LogP contribution < -0.4 is 10.6 Å². The Labute approximate surface area is 188 Å². The number of hydrogen-bond acceptors (Lipinski definition) is 4. The average molecular weight is 434 g/mol. The lowest BCUT2D eigenvalue weighted by Crippen LogP contribution is -2.48. The van der Waals surface area contributed by atoms with Crippen molar-refractivity contribution in [3.8, 4) is 0 Å². The third kappa shape index (κ3) is 4.82. The number of aromatic nitrogens is 3. The lowest BCUT2D eigenvalue weighted by atomic mass is 10.0. The number of carbonyl (C=O) groups excluding carboxylic acids is 2. The Hall–Kier alpha value is -3.22. The maximum atomic E-state index is 13.5. The molecule has 1 unspecified atom stereocenters. The van der Waals surface area contributed by atoms with Crippen molar-refractivity contribution in [2.45, 2.75) is 71.0 Å². The predicted octanol–water partition coefficient (Wildman–Crippen LogP) is 3.76. The fourth-order valence-corrected chi connectivity index (χ4v) is 3.72. The fraction of sp³-hybridized carbons (Fsp3) is 0.440. The van der Waals surface area contributed by atoms with Crippen LogP contribution in [0.25, 0.3) is 11.0 Å². The van der Waals surface area contributed by atoms with Gasteiger partial charge in [0.25, 0.3) is 5.91 Å². The molecule has 1 aromatic carbocycles. The first-order valence-electron chi connectivity index (χ1n) is 11.4. The summed E-state index contributed by atoms with van der Waals surface area (Å²) in [7, 11) is 0. The zero-order valence-electron chi connectivity index (χ0n) is 19.1. The highest BCUT2D eigenvalue weighted by molar-refractivity contribution is 6.07. The van der Waals surface area contributed by atoms with Crippen molar-refractivity contribution in [3.05, 3.63) is 59.4 Å². The number of fused-ring (bicyclic) bond motifs is 1. The van der Waals surface area contributed by atoms with Gasteiger partial charge >= 0.3 is 0 Å². The molecule has 1 aliphatic carbocycles. The molecule has 0 aliphatic heterocycles. The summed E-state index contributed by atoms with van der Waals surface area (Å²) >= 11 is 0. The summed E-state index contributed by atoms with van der Waals surface area (Å²) in [4.78, 5) is 31.2. The van der Waals surface area contributed by atoms with E-state index in [2.05, 4.69) is 15.7 Å². The van der Waals surface area contributed by atoms with Crippen LogP contribution in [-0.4, -0.2) is 38.7 Å². The smallest absolute Gasteiger partial charge is 0.252 e. The Morgan fingerprint density at radius 1 is 1.12 bits per heavy atom. The molecule has 2 aromatic heterocycles. The van der Waals surface area contributed by atoms with Gasteiger partial charge in [-0.3, -0.25) is 9.59 Å². The molecule has 0 radical (unpaired) electrons. The zero-order chi connectivity index (χ0) is 22.8. The molecule has 0 spiro atoms. The zero-order valence-corrected chi connectivity index (χ0v) is 19.1. The van der Waals surface area contributed by atoms with Gasteiger partial charge in [-0.25, -0.2) is 9.67 Å². The second kappa shape index (κ2) is 9.10. The molecule has 168 valence electrons. The molecule has 3 aromatic rings. The Morgan fingerprint density at radius 3 is 2.47 bits per heavy atom. The van der Waals surface area contributed by atoms with Crippen molar-refractivity contribution in [2.75, 3.05) is 0 Å². The van der Waals surface area contributed by atoms with Crippen molar-refractivity contribution < 1.29 is 9.59 Å². The Bertz CT molecular complexity index is 1120. The molecule has 7 heteroatoms. The van der Waals surface area contributed by atoms with Crippen LogP contribution in [-0.2, 0) is 11.2 Å². The number of pyridine rings is 1. The first-order chi connectivity index (χ1) is 15.3. The molecule has 1 saturated carbocycles. The fourth-order valence-electron chi connectivity index (χ4n) is 3.72. The summed E-state index contributed by atoms with van der Waals surface area (Å²) in [6.45, 7) is 8.17. The summed E-state index contributed by atoms with van der Waals surface area (Å²) in [5, 5.41) is 11.2. The van der Waals surface area contributed by atoms with Gasteiger partial charge < -0.3 is 10.6 Å². The third-order valence-corrected chi connectivity index (χ3v) is 5.74. The molecule has 1 aliphatic rings. The predicted molar refractivity (Wildman–Crippen MR) is 125 cm³/mol. The van der Waals surface area contributed by atoms with Crippen LogP contribution in [0.2, 0.25) is 0 Å². The van der Waals surface area contributed by atoms with Gasteiger partial charge in [-0.1, -0.05) is 44.2 Å². The van der Waals surface area contributed by atoms with Gasteiger partial charge in [-0.05, 0) is 44.2 Å². The third-order valence-electron chi connectivity index (χ3n) is 5.74. The molecule has 1 atom stereocenters. The van der Waals surface area contributed by atoms with E-state index in [0.29, 0.717) is 23.0 Å². The van der Waals surface area contributed by atoms with Gasteiger partial charge in [0.2, 0.25) is 5.91 Å². The first kappa shape index (κ1) is 22.0. The SMILES string of the molecule is CC(C)c1cc(C(=O)NC(Cc2ccccc2)C(=O)NC2CC2)c2cnn(C(C)C)c2n1. The minimum atomic E-state index is -0.656. The number of rotatable bonds is 8. The quantitative estimate of drug-likeness (QED) is 0.566. The lowest BCUT2D eigenvalue weighted by molar-refractivity contribution is -0.123. The highest BCUT2D eigenvalue weighted by atomic mass is 16.2. The van der Waals surface area contributed by atoms with Gasteiger partial charge in [0.05, 0.1) is 17.1 Å². The molecule has 2 heterocycles. The van der Waals surface area contributed by atoms with Crippen LogP contribution in [0.3, 0.4) is 0 Å². The van der Waals surface area contributed by atoms with E-state index >= 15 is 0 Å². The molecule has 2 amide bonds. The van der Waals surface area contributed by atoms with Crippen LogP contribution >= 0.6 is 0 Å². The molecule has 2 N–H and O–H groups in total. The number of benzene rings is 1. The minimum absolute atomic E-state index is 0.119. The van der Waals surface area contributed by atoms with E-state index in [1.807, 2.05) is 68.8 Å². The monoisotopic (exact) mass is 433 g/mol. The van der Waals surface area contributed by atoms with Crippen LogP contribution in [0, 0.1) is 0 Å². The van der Waals surface area contributed by atoms with E-state index in [9.17, 15) is 9.59 Å². The highest BCUT2D eigenvalue weighted by Gasteiger charge is 2.29. The number of nitrogens with one attached hydrogen (secondary N) is 2. The van der Waals surface area contributed by atoms with Crippen LogP contribution in [0.1, 0.15) is 74.1 Å². The molecule has 4 rings (SSSR count). The van der Waals surface area contributed by atoms with Gasteiger partial charge in [0, 0.05) is 24.2 Å². The van der Waals surface area contributed by atoms with Gasteiger partial charge in [-0.15, -0.1) is 0 Å². The summed E-state index contributed by atoms with van der Waals surface area (Å²) < 4.78 is 1.83. The maximum Gasteiger partial charge on any atom is 0.252 e. The largest absolute Gasteiger partial charge is 0.352 e. The standard InChI is InChI=1S/C25H31N5O2/c1-15(2)21-13-19(20-14-26-30(16(3)4)23(20)28-21)24(31)29-22(25(32)27-18-10-11-18)12-17-8-6-5-7-9-17/h5-9,13-16,18,22H,10-12H2,1-4H3,(H,27,32)(H,29,31). The van der Waals surface area contributed by atoms with E-state index < -0.39 is 6.04 Å². The minimum Gasteiger partial charge on any atom is -0.352 e. The van der Waals surface area contributed by atoms with E-state index in [-0.39, 0.29) is 29.8 Å². The van der Waals surface area contributed by atoms with Crippen LogP contribution in [0.15, 0.2) is 42.6 Å². The van der Waals surface area contributed by atoms with E-state index in [1.54, 1.807) is 6.20 Å². The topological polar surface area (TPSA) is 88.9 Å². The molecule has 32 heavy (non-hydrogen) atoms. The highest BCUT2D eigenvalue weighted by Crippen LogP contribution is 2.25. The normalized spacial score (nSPS) is 14.7. The van der Waals surface area contributed by atoms with Crippen molar-refractivity contribution in [2.24, 2.45) is 0 Å². The molecule has 7 nitrogen and oxygen atoms in total. The summed E-state index contributed by atoms with van der Waals surface area (Å²) in [5.74, 6) is -0.272. The second-order valence-electron chi connectivity index (χ2n) is 9.17. The number of carbonyl (C=O) groups is 2. The van der Waals surface area contributed by atoms with Crippen molar-refractivity contribution >= 4 is 22.8 Å². The van der Waals surface area contributed by atoms with Crippen LogP contribution in [0.5, 0.6) is 0 Å². The second-order valence-corrected chi connectivity index (χ2v) is 9.17. The number of amides is 2. The Kier molecular flexibility index (Phi) is 6.26. The number of hydrogen-bond donors (Lipinski definition) is 2. The van der Waals surface area contributed by atoms with E-state index in [1.165, 1.54) is 0 Å². The average Bonchev–Trinajstić information content (AvgIpc) is 3.47. The van der Waals surface area contributed by atoms with Crippen molar-refractivity contribution in [1.29, 1.82) is 0 Å². The van der Waals surface area contributed by atoms with Crippen molar-refractivity contribution in [3.63, 3.8) is 0 Å². The lowest BCUT2D eigenvalue weighted by Gasteiger charge is -2.19. The Morgan fingerprint density at radius 2 is 1.84 bits per heavy atom. The molecule has 0 saturated heterocycles. The molecular formula is C25H31N5O2. The molecular weight excluding hydrogens is 402 g/mol. The van der Waals surface area contributed by atoms with Gasteiger partial charge in [-0.2, -0.15) is 5.10 Å². The Balaban J connectivity index is 1.66. The molecule has 1 fully saturated rings. The number of nitrogens with zero attached hydrogens (tertiary/aromatic N) is 3. The van der Waals surface area contributed by atoms with Gasteiger partial charge in [0.15, 0.2) is 5.65 Å². The maximum absolute atomic E-state index is 13.5. The summed E-state index contributed by atoms with van der Waals surface area (Å²) in [6.07, 6.45) is 4.11. The summed E-state index contributed by atoms with van der Waals surface area (Å²) in [6, 6.07) is 11.3. The summed E-state index contributed by atoms with van der Waals surface area (Å²) in [5.41, 5.74) is 3.02.